The number of amidine groups is 3. The number of benzene rings is 2. The topological polar surface area (TPSA) is 96.6 Å². The van der Waals surface area contributed by atoms with Crippen molar-refractivity contribution < 1.29 is 19.0 Å². The van der Waals surface area contributed by atoms with E-state index >= 15 is 0 Å². The van der Waals surface area contributed by atoms with E-state index in [1.807, 2.05) is 30.3 Å². The molecule has 0 fully saturated rings. The Balaban J connectivity index is 1.63. The van der Waals surface area contributed by atoms with Gasteiger partial charge in [-0.2, -0.15) is 9.39 Å². The number of fused-ring (bicyclic) bond motifs is 1. The van der Waals surface area contributed by atoms with E-state index < -0.39 is 5.91 Å². The van der Waals surface area contributed by atoms with Gasteiger partial charge in [0, 0.05) is 5.75 Å². The Morgan fingerprint density at radius 1 is 1.09 bits per heavy atom. The van der Waals surface area contributed by atoms with Crippen molar-refractivity contribution in [1.29, 1.82) is 5.41 Å². The van der Waals surface area contributed by atoms with Gasteiger partial charge < -0.3 is 14.2 Å². The maximum Gasteiger partial charge on any atom is 0.283 e. The van der Waals surface area contributed by atoms with Crippen LogP contribution in [-0.2, 0) is 10.5 Å². The molecule has 164 valence electrons. The zero-order valence-electron chi connectivity index (χ0n) is 17.6. The van der Waals surface area contributed by atoms with Gasteiger partial charge in [-0.1, -0.05) is 42.1 Å². The lowest BCUT2D eigenvalue weighted by molar-refractivity contribution is -0.114. The number of nitrogens with one attached hydrogen (secondary N) is 1. The van der Waals surface area contributed by atoms with Crippen molar-refractivity contribution in [3.05, 3.63) is 59.2 Å². The second-order valence-electron chi connectivity index (χ2n) is 6.64. The predicted molar refractivity (Wildman–Crippen MR) is 129 cm³/mol. The Bertz CT molecular complexity index is 1140. The molecule has 0 aliphatic carbocycles. The molecule has 2 heterocycles. The first-order valence-corrected chi connectivity index (χ1v) is 11.3. The molecule has 2 aromatic rings. The molecule has 2 aliphatic heterocycles. The van der Waals surface area contributed by atoms with Crippen LogP contribution in [0.1, 0.15) is 11.1 Å². The third kappa shape index (κ3) is 4.23. The Morgan fingerprint density at radius 3 is 2.41 bits per heavy atom. The SMILES string of the molecule is COc1cc(/C=C2/C(=N)N3C(SCc4ccccc4)=NSC3=NC2=O)cc(OC)c1OC. The molecule has 4 rings (SSSR count). The van der Waals surface area contributed by atoms with Crippen LogP contribution in [0.25, 0.3) is 6.08 Å². The molecule has 0 saturated heterocycles. The number of carbonyl (C=O) groups excluding carboxylic acids is 1. The number of hydrogen-bond donors (Lipinski definition) is 1. The number of nitrogens with zero attached hydrogens (tertiary/aromatic N) is 3. The molecule has 32 heavy (non-hydrogen) atoms. The zero-order chi connectivity index (χ0) is 22.7. The standard InChI is InChI=1S/C22H20N4O4S2/c1-28-16-10-14(11-17(29-2)18(16)30-3)9-15-19(23)26-21(24-20(15)27)32-25-22(26)31-12-13-7-5-4-6-8-13/h4-11,23H,12H2,1-3H3/b15-9-,23-19?. The van der Waals surface area contributed by atoms with Crippen LogP contribution in [0.5, 0.6) is 17.2 Å². The molecule has 0 saturated carbocycles. The average molecular weight is 469 g/mol. The van der Waals surface area contributed by atoms with Gasteiger partial charge in [0.2, 0.25) is 10.9 Å². The van der Waals surface area contributed by atoms with Crippen molar-refractivity contribution >= 4 is 51.9 Å². The van der Waals surface area contributed by atoms with E-state index in [4.69, 9.17) is 19.6 Å². The molecule has 0 radical (unpaired) electrons. The van der Waals surface area contributed by atoms with E-state index in [0.717, 1.165) is 17.5 Å². The van der Waals surface area contributed by atoms with Crippen molar-refractivity contribution in [1.82, 2.24) is 4.90 Å². The molecular weight excluding hydrogens is 448 g/mol. The lowest BCUT2D eigenvalue weighted by Crippen LogP contribution is -2.41. The summed E-state index contributed by atoms with van der Waals surface area (Å²) in [7, 11) is 4.56. The van der Waals surface area contributed by atoms with E-state index in [-0.39, 0.29) is 11.4 Å². The van der Waals surface area contributed by atoms with Crippen LogP contribution < -0.4 is 14.2 Å². The van der Waals surface area contributed by atoms with Gasteiger partial charge in [-0.05, 0) is 29.3 Å². The third-order valence-corrected chi connectivity index (χ3v) is 6.53. The number of hydrogen-bond acceptors (Lipinski definition) is 8. The Kier molecular flexibility index (Phi) is 6.52. The maximum atomic E-state index is 12.7. The Labute approximate surface area is 194 Å². The highest BCUT2D eigenvalue weighted by molar-refractivity contribution is 8.18. The largest absolute Gasteiger partial charge is 0.493 e. The van der Waals surface area contributed by atoms with Crippen molar-refractivity contribution in [2.75, 3.05) is 21.3 Å². The van der Waals surface area contributed by atoms with Gasteiger partial charge in [-0.15, -0.1) is 0 Å². The summed E-state index contributed by atoms with van der Waals surface area (Å²) < 4.78 is 20.5. The normalized spacial score (nSPS) is 16.6. The molecule has 0 spiro atoms. The smallest absolute Gasteiger partial charge is 0.283 e. The van der Waals surface area contributed by atoms with Crippen molar-refractivity contribution in [2.45, 2.75) is 5.75 Å². The quantitative estimate of drug-likeness (QED) is 0.501. The van der Waals surface area contributed by atoms with Gasteiger partial charge in [0.15, 0.2) is 16.7 Å². The predicted octanol–water partition coefficient (Wildman–Crippen LogP) is 4.22. The lowest BCUT2D eigenvalue weighted by Gasteiger charge is -2.24. The Morgan fingerprint density at radius 2 is 1.78 bits per heavy atom. The van der Waals surface area contributed by atoms with Crippen LogP contribution in [0.15, 0.2) is 57.4 Å². The highest BCUT2D eigenvalue weighted by Gasteiger charge is 2.37. The van der Waals surface area contributed by atoms with E-state index in [1.165, 1.54) is 33.1 Å². The van der Waals surface area contributed by atoms with Crippen molar-refractivity contribution in [3.63, 3.8) is 0 Å². The molecule has 0 atom stereocenters. The summed E-state index contributed by atoms with van der Waals surface area (Å²) in [5.74, 6) is 1.58. The fourth-order valence-electron chi connectivity index (χ4n) is 3.17. The lowest BCUT2D eigenvalue weighted by atomic mass is 10.1. The summed E-state index contributed by atoms with van der Waals surface area (Å²) in [6.45, 7) is 0. The van der Waals surface area contributed by atoms with Crippen LogP contribution >= 0.6 is 23.7 Å². The summed E-state index contributed by atoms with van der Waals surface area (Å²) in [5.41, 5.74) is 1.91. The van der Waals surface area contributed by atoms with Crippen LogP contribution in [0.2, 0.25) is 0 Å². The number of methoxy groups -OCH3 is 3. The van der Waals surface area contributed by atoms with Gasteiger partial charge in [0.25, 0.3) is 5.91 Å². The second kappa shape index (κ2) is 9.49. The second-order valence-corrected chi connectivity index (χ2v) is 8.31. The highest BCUT2D eigenvalue weighted by Crippen LogP contribution is 2.39. The molecule has 1 N–H and O–H groups in total. The molecular formula is C22H20N4O4S2. The molecule has 1 amide bonds. The minimum absolute atomic E-state index is 0.0260. The fraction of sp³-hybridized carbons (Fsp3) is 0.182. The summed E-state index contributed by atoms with van der Waals surface area (Å²) >= 11 is 2.59. The summed E-state index contributed by atoms with van der Waals surface area (Å²) in [4.78, 5) is 18.4. The van der Waals surface area contributed by atoms with Gasteiger partial charge in [0.05, 0.1) is 38.9 Å². The molecule has 2 aliphatic rings. The summed E-state index contributed by atoms with van der Waals surface area (Å²) in [6, 6.07) is 13.4. The van der Waals surface area contributed by atoms with E-state index in [2.05, 4.69) is 9.39 Å². The minimum atomic E-state index is -0.494. The van der Waals surface area contributed by atoms with Gasteiger partial charge >= 0.3 is 0 Å². The zero-order valence-corrected chi connectivity index (χ0v) is 19.3. The molecule has 0 bridgehead atoms. The van der Waals surface area contributed by atoms with Crippen LogP contribution in [0.4, 0.5) is 0 Å². The van der Waals surface area contributed by atoms with Crippen LogP contribution in [0, 0.1) is 5.41 Å². The highest BCUT2D eigenvalue weighted by atomic mass is 32.2. The first kappa shape index (κ1) is 22.0. The summed E-state index contributed by atoms with van der Waals surface area (Å²) in [6.07, 6.45) is 1.60. The molecule has 10 heteroatoms. The van der Waals surface area contributed by atoms with Gasteiger partial charge in [-0.25, -0.2) is 4.90 Å². The van der Waals surface area contributed by atoms with E-state index in [1.54, 1.807) is 23.1 Å². The molecule has 2 aromatic carbocycles. The van der Waals surface area contributed by atoms with Crippen LogP contribution in [-0.4, -0.2) is 48.3 Å². The number of amides is 1. The Hall–Kier alpha value is -3.24. The van der Waals surface area contributed by atoms with Crippen LogP contribution in [0.3, 0.4) is 0 Å². The van der Waals surface area contributed by atoms with Crippen molar-refractivity contribution in [3.8, 4) is 17.2 Å². The van der Waals surface area contributed by atoms with E-state index in [9.17, 15) is 4.79 Å². The summed E-state index contributed by atoms with van der Waals surface area (Å²) in [5, 5.41) is 9.71. The molecule has 8 nitrogen and oxygen atoms in total. The average Bonchev–Trinajstić information content (AvgIpc) is 3.23. The number of ether oxygens (including phenoxy) is 3. The van der Waals surface area contributed by atoms with Crippen molar-refractivity contribution in [2.24, 2.45) is 9.39 Å². The molecule has 0 aromatic heterocycles. The number of carbonyl (C=O) groups is 1. The number of aliphatic imine (C=N–C) groups is 1. The molecule has 0 unspecified atom stereocenters. The number of thioether (sulfide) groups is 1. The first-order chi connectivity index (χ1) is 15.5. The van der Waals surface area contributed by atoms with Gasteiger partial charge in [0.1, 0.15) is 5.84 Å². The minimum Gasteiger partial charge on any atom is -0.493 e. The number of rotatable bonds is 6. The first-order valence-electron chi connectivity index (χ1n) is 9.51. The third-order valence-electron chi connectivity index (χ3n) is 4.70. The van der Waals surface area contributed by atoms with Gasteiger partial charge in [-0.3, -0.25) is 10.2 Å². The monoisotopic (exact) mass is 468 g/mol. The fourth-order valence-corrected chi connectivity index (χ4v) is 4.97. The van der Waals surface area contributed by atoms with E-state index in [0.29, 0.717) is 38.9 Å². The maximum absolute atomic E-state index is 12.7.